The standard InChI is InChI=1S/C25H30F3N5O4S/c1-13(2)15-11-18(37-12-15)20(14-7-5-6-8-14)30-23-22(31-38(36)32-23)29-17-10-9-16(25(26,27)28)19(21(17)34)24(35)33(3)4/h9-14,20,34H,5-8H2,1-4H3,(H,29,31)(H,30,32). The number of phenols is 1. The first kappa shape index (κ1) is 27.7. The lowest BCUT2D eigenvalue weighted by atomic mass is 9.94. The predicted octanol–water partition coefficient (Wildman–Crippen LogP) is 5.15. The molecular weight excluding hydrogens is 523 g/mol. The number of nitrogens with one attached hydrogen (secondary N) is 2. The van der Waals surface area contributed by atoms with Crippen LogP contribution in [0.5, 0.6) is 5.75 Å². The van der Waals surface area contributed by atoms with Gasteiger partial charge in [-0.2, -0.15) is 13.2 Å². The molecule has 1 fully saturated rings. The van der Waals surface area contributed by atoms with E-state index in [2.05, 4.69) is 33.3 Å². The van der Waals surface area contributed by atoms with E-state index in [1.54, 1.807) is 6.26 Å². The zero-order valence-corrected chi connectivity index (χ0v) is 22.2. The lowest BCUT2D eigenvalue weighted by molar-refractivity contribution is -0.138. The number of carbonyl (C=O) groups is 1. The fourth-order valence-corrected chi connectivity index (χ4v) is 5.25. The molecule has 4 rings (SSSR count). The van der Waals surface area contributed by atoms with Gasteiger partial charge in [-0.05, 0) is 48.4 Å². The summed E-state index contributed by atoms with van der Waals surface area (Å²) in [4.78, 5) is 13.5. The van der Waals surface area contributed by atoms with Crippen molar-refractivity contribution in [3.8, 4) is 5.75 Å². The third-order valence-corrected chi connectivity index (χ3v) is 7.37. The largest absolute Gasteiger partial charge is 0.505 e. The van der Waals surface area contributed by atoms with Crippen LogP contribution in [0.15, 0.2) is 37.7 Å². The third-order valence-electron chi connectivity index (χ3n) is 6.70. The normalized spacial score (nSPS) is 18.9. The van der Waals surface area contributed by atoms with Gasteiger partial charge in [0.15, 0.2) is 17.4 Å². The fourth-order valence-electron chi connectivity index (χ4n) is 4.63. The van der Waals surface area contributed by atoms with Gasteiger partial charge in [0.25, 0.3) is 17.1 Å². The number of hydrogen-bond donors (Lipinski definition) is 3. The number of phenolic OH excluding ortho intramolecular Hbond substituents is 1. The maximum atomic E-state index is 13.6. The van der Waals surface area contributed by atoms with Crippen LogP contribution in [0.4, 0.5) is 18.9 Å². The second-order valence-corrected chi connectivity index (χ2v) is 10.7. The summed E-state index contributed by atoms with van der Waals surface area (Å²) in [5, 5.41) is 16.7. The molecule has 2 unspecified atom stereocenters. The van der Waals surface area contributed by atoms with Gasteiger partial charge in [0.1, 0.15) is 5.76 Å². The molecule has 2 atom stereocenters. The van der Waals surface area contributed by atoms with Crippen LogP contribution in [0.3, 0.4) is 0 Å². The Kier molecular flexibility index (Phi) is 7.86. The van der Waals surface area contributed by atoms with Crippen molar-refractivity contribution in [2.45, 2.75) is 57.7 Å². The number of alkyl halides is 3. The molecule has 0 spiro atoms. The summed E-state index contributed by atoms with van der Waals surface area (Å²) in [6, 6.07) is 3.35. The summed E-state index contributed by atoms with van der Waals surface area (Å²) in [5.74, 6) is -0.698. The lowest BCUT2D eigenvalue weighted by Crippen LogP contribution is -2.39. The number of amidine groups is 2. The van der Waals surface area contributed by atoms with Gasteiger partial charge in [-0.25, -0.2) is 4.21 Å². The molecule has 1 saturated carbocycles. The first-order chi connectivity index (χ1) is 17.9. The molecule has 0 radical (unpaired) electrons. The first-order valence-corrected chi connectivity index (χ1v) is 13.3. The van der Waals surface area contributed by atoms with Crippen molar-refractivity contribution < 1.29 is 31.7 Å². The molecule has 2 aliphatic rings. The Morgan fingerprint density at radius 2 is 1.84 bits per heavy atom. The first-order valence-electron chi connectivity index (χ1n) is 12.2. The van der Waals surface area contributed by atoms with Crippen molar-refractivity contribution in [3.05, 3.63) is 46.9 Å². The van der Waals surface area contributed by atoms with Gasteiger partial charge in [-0.1, -0.05) is 26.7 Å². The molecule has 3 N–H and O–H groups in total. The van der Waals surface area contributed by atoms with E-state index in [-0.39, 0.29) is 35.2 Å². The van der Waals surface area contributed by atoms with E-state index in [0.29, 0.717) is 11.8 Å². The molecule has 206 valence electrons. The van der Waals surface area contributed by atoms with Crippen LogP contribution < -0.4 is 10.6 Å². The van der Waals surface area contributed by atoms with Gasteiger partial charge in [-0.3, -0.25) is 4.79 Å². The SMILES string of the molecule is CC(C)c1coc(C(NC2=NS(=O)N=C2Nc2ccc(C(F)(F)F)c(C(=O)N(C)C)c2O)C2CCCC2)c1. The van der Waals surface area contributed by atoms with Crippen LogP contribution >= 0.6 is 0 Å². The molecular formula is C25H30F3N5O4S. The fraction of sp³-hybridized carbons (Fsp3) is 0.480. The van der Waals surface area contributed by atoms with Crippen molar-refractivity contribution >= 4 is 34.4 Å². The number of carbonyl (C=O) groups excluding carboxylic acids is 1. The van der Waals surface area contributed by atoms with Crippen LogP contribution in [-0.2, 0) is 17.3 Å². The number of aromatic hydroxyl groups is 1. The summed E-state index contributed by atoms with van der Waals surface area (Å²) in [7, 11) is 2.56. The zero-order valence-electron chi connectivity index (χ0n) is 21.4. The molecule has 0 saturated heterocycles. The predicted molar refractivity (Wildman–Crippen MR) is 138 cm³/mol. The minimum absolute atomic E-state index is 0.0414. The number of benzene rings is 1. The molecule has 9 nitrogen and oxygen atoms in total. The number of furan rings is 1. The van der Waals surface area contributed by atoms with E-state index >= 15 is 0 Å². The van der Waals surface area contributed by atoms with Gasteiger partial charge in [0.05, 0.1) is 29.1 Å². The zero-order chi connectivity index (χ0) is 27.8. The van der Waals surface area contributed by atoms with Gasteiger partial charge in [-0.15, -0.1) is 8.80 Å². The Hall–Kier alpha value is -3.35. The van der Waals surface area contributed by atoms with Crippen molar-refractivity contribution in [2.24, 2.45) is 14.7 Å². The van der Waals surface area contributed by atoms with Crippen LogP contribution in [0.2, 0.25) is 0 Å². The van der Waals surface area contributed by atoms with Crippen molar-refractivity contribution in [3.63, 3.8) is 0 Å². The van der Waals surface area contributed by atoms with Gasteiger partial charge in [0, 0.05) is 14.1 Å². The molecule has 0 bridgehead atoms. The van der Waals surface area contributed by atoms with Gasteiger partial charge >= 0.3 is 6.18 Å². The van der Waals surface area contributed by atoms with Crippen LogP contribution in [0, 0.1) is 5.92 Å². The number of halogens is 3. The topological polar surface area (TPSA) is 120 Å². The van der Waals surface area contributed by atoms with E-state index < -0.39 is 40.1 Å². The lowest BCUT2D eigenvalue weighted by Gasteiger charge is -2.24. The molecule has 2 heterocycles. The Morgan fingerprint density at radius 3 is 2.42 bits per heavy atom. The summed E-state index contributed by atoms with van der Waals surface area (Å²) < 4.78 is 67.0. The van der Waals surface area contributed by atoms with Crippen molar-refractivity contribution in [1.82, 2.24) is 10.2 Å². The molecule has 1 aromatic heterocycles. The number of amides is 1. The molecule has 1 aromatic carbocycles. The summed E-state index contributed by atoms with van der Waals surface area (Å²) in [5.41, 5.74) is -1.36. The number of hydrogen-bond acceptors (Lipinski definition) is 6. The monoisotopic (exact) mass is 553 g/mol. The minimum atomic E-state index is -4.87. The summed E-state index contributed by atoms with van der Waals surface area (Å²) in [6.07, 6.45) is 0.836. The molecule has 13 heteroatoms. The maximum Gasteiger partial charge on any atom is 0.417 e. The highest BCUT2D eigenvalue weighted by atomic mass is 32.2. The van der Waals surface area contributed by atoms with E-state index in [0.717, 1.165) is 42.2 Å². The molecule has 1 aliphatic carbocycles. The van der Waals surface area contributed by atoms with E-state index in [4.69, 9.17) is 4.42 Å². The molecule has 1 amide bonds. The summed E-state index contributed by atoms with van der Waals surface area (Å²) in [6.45, 7) is 4.11. The van der Waals surface area contributed by atoms with Gasteiger partial charge < -0.3 is 25.1 Å². The number of anilines is 1. The highest BCUT2D eigenvalue weighted by Gasteiger charge is 2.39. The Labute approximate surface area is 220 Å². The second kappa shape index (κ2) is 10.8. The van der Waals surface area contributed by atoms with E-state index in [1.807, 2.05) is 6.07 Å². The van der Waals surface area contributed by atoms with Crippen molar-refractivity contribution in [2.75, 3.05) is 19.4 Å². The van der Waals surface area contributed by atoms with E-state index in [1.165, 1.54) is 14.1 Å². The Morgan fingerprint density at radius 1 is 1.18 bits per heavy atom. The highest BCUT2D eigenvalue weighted by Crippen LogP contribution is 2.41. The average Bonchev–Trinajstić information content (AvgIpc) is 3.59. The Balaban J connectivity index is 1.65. The molecule has 2 aromatic rings. The van der Waals surface area contributed by atoms with E-state index in [9.17, 15) is 27.3 Å². The minimum Gasteiger partial charge on any atom is -0.505 e. The van der Waals surface area contributed by atoms with Crippen LogP contribution in [-0.4, -0.2) is 45.9 Å². The molecule has 1 aliphatic heterocycles. The number of rotatable bonds is 6. The van der Waals surface area contributed by atoms with Crippen LogP contribution in [0.25, 0.3) is 0 Å². The second-order valence-electron chi connectivity index (χ2n) is 9.92. The number of nitrogens with zero attached hydrogens (tertiary/aromatic N) is 3. The Bertz CT molecular complexity index is 1300. The smallest absolute Gasteiger partial charge is 0.417 e. The quantitative estimate of drug-likeness (QED) is 0.426. The third kappa shape index (κ3) is 5.71. The van der Waals surface area contributed by atoms with Crippen molar-refractivity contribution in [1.29, 1.82) is 0 Å². The van der Waals surface area contributed by atoms with Crippen LogP contribution in [0.1, 0.15) is 78.7 Å². The average molecular weight is 554 g/mol. The van der Waals surface area contributed by atoms with Gasteiger partial charge in [0.2, 0.25) is 0 Å². The summed E-state index contributed by atoms with van der Waals surface area (Å²) >= 11 is -2.00. The highest BCUT2D eigenvalue weighted by molar-refractivity contribution is 7.83. The maximum absolute atomic E-state index is 13.6. The molecule has 38 heavy (non-hydrogen) atoms.